The van der Waals surface area contributed by atoms with Gasteiger partial charge in [0.1, 0.15) is 10.6 Å². The van der Waals surface area contributed by atoms with Crippen LogP contribution in [0.1, 0.15) is 39.8 Å². The molecule has 312 valence electrons. The highest BCUT2D eigenvalue weighted by molar-refractivity contribution is 9.08. The molecule has 1 fully saturated rings. The van der Waals surface area contributed by atoms with Gasteiger partial charge < -0.3 is 0 Å². The van der Waals surface area contributed by atoms with Crippen LogP contribution < -0.4 is 0 Å². The molecule has 1 heterocycles. The average molecular weight is 917 g/mol. The van der Waals surface area contributed by atoms with E-state index >= 15 is 0 Å². The summed E-state index contributed by atoms with van der Waals surface area (Å²) in [6.07, 6.45) is -24.8. The Morgan fingerprint density at radius 3 is 1.51 bits per heavy atom. The number of halogens is 16. The molecule has 5 rings (SSSR count). The van der Waals surface area contributed by atoms with Gasteiger partial charge in [0.2, 0.25) is 0 Å². The van der Waals surface area contributed by atoms with E-state index in [4.69, 9.17) is 0 Å². The Morgan fingerprint density at radius 2 is 1.09 bits per heavy atom. The van der Waals surface area contributed by atoms with Crippen LogP contribution in [0.25, 0.3) is 0 Å². The molecule has 0 amide bonds. The summed E-state index contributed by atoms with van der Waals surface area (Å²) in [4.78, 5) is 1.39. The summed E-state index contributed by atoms with van der Waals surface area (Å²) in [6.45, 7) is 1.77. The first-order valence-corrected chi connectivity index (χ1v) is 18.9. The quantitative estimate of drug-likeness (QED) is 0.131. The minimum atomic E-state index is -6.31. The van der Waals surface area contributed by atoms with Gasteiger partial charge in [-0.15, -0.1) is 0 Å². The fraction of sp³-hybridized carbons (Fsp3) is 0.351. The lowest BCUT2D eigenvalue weighted by molar-refractivity contribution is -0.349. The maximum absolute atomic E-state index is 14.6. The molecular weight excluding hydrogens is 887 g/mol. The van der Waals surface area contributed by atoms with Crippen LogP contribution in [0.15, 0.2) is 102 Å². The van der Waals surface area contributed by atoms with Crippen LogP contribution in [0.2, 0.25) is 0 Å². The van der Waals surface area contributed by atoms with Gasteiger partial charge in [0.15, 0.2) is 9.84 Å². The molecule has 4 aromatic carbocycles. The van der Waals surface area contributed by atoms with Crippen molar-refractivity contribution in [2.24, 2.45) is 0 Å². The van der Waals surface area contributed by atoms with Crippen molar-refractivity contribution in [3.8, 4) is 0 Å². The van der Waals surface area contributed by atoms with Crippen molar-refractivity contribution in [3.63, 3.8) is 0 Å². The van der Waals surface area contributed by atoms with Gasteiger partial charge in [0.05, 0.1) is 4.90 Å². The topological polar surface area (TPSA) is 37.4 Å². The highest BCUT2D eigenvalue weighted by atomic mass is 79.9. The minimum absolute atomic E-state index is 0.0870. The van der Waals surface area contributed by atoms with Gasteiger partial charge in [-0.1, -0.05) is 101 Å². The molecule has 0 bridgehead atoms. The van der Waals surface area contributed by atoms with Crippen LogP contribution in [-0.4, -0.2) is 51.1 Å². The van der Waals surface area contributed by atoms with Crippen molar-refractivity contribution in [2.75, 3.05) is 13.1 Å². The smallest absolute Gasteiger partial charge is 0.297 e. The number of hydrogen-bond donors (Lipinski definition) is 0. The lowest BCUT2D eigenvalue weighted by Crippen LogP contribution is -2.50. The van der Waals surface area contributed by atoms with Crippen LogP contribution in [0, 0.1) is 12.7 Å². The molecule has 1 aliphatic rings. The average Bonchev–Trinajstić information content (AvgIpc) is 3.56. The number of benzene rings is 4. The fourth-order valence-electron chi connectivity index (χ4n) is 6.21. The number of rotatable bonds is 8. The maximum Gasteiger partial charge on any atom is 0.435 e. The normalized spacial score (nSPS) is 17.6. The zero-order valence-corrected chi connectivity index (χ0v) is 31.4. The van der Waals surface area contributed by atoms with Crippen LogP contribution in [0.5, 0.6) is 0 Å². The van der Waals surface area contributed by atoms with E-state index in [-0.39, 0.29) is 40.9 Å². The zero-order valence-electron chi connectivity index (χ0n) is 29.0. The lowest BCUT2D eigenvalue weighted by atomic mass is 9.90. The summed E-state index contributed by atoms with van der Waals surface area (Å²) in [7, 11) is -4.44. The molecule has 1 atom stereocenters. The Bertz CT molecular complexity index is 2070. The van der Waals surface area contributed by atoms with Crippen molar-refractivity contribution < 1.29 is 74.3 Å². The van der Waals surface area contributed by atoms with Gasteiger partial charge in [-0.3, -0.25) is 4.90 Å². The highest BCUT2D eigenvalue weighted by Gasteiger charge is 2.74. The molecule has 1 aliphatic heterocycles. The van der Waals surface area contributed by atoms with E-state index in [0.717, 1.165) is 35.9 Å². The number of alkyl halides is 15. The molecule has 20 heteroatoms. The van der Waals surface area contributed by atoms with E-state index in [1.807, 2.05) is 12.1 Å². The van der Waals surface area contributed by atoms with Crippen LogP contribution in [0.3, 0.4) is 0 Å². The monoisotopic (exact) mass is 915 g/mol. The molecule has 3 nitrogen and oxygen atoms in total. The Kier molecular flexibility index (Phi) is 13.0. The predicted octanol–water partition coefficient (Wildman–Crippen LogP) is 11.9. The predicted molar refractivity (Wildman–Crippen MR) is 182 cm³/mol. The second kappa shape index (κ2) is 16.1. The third kappa shape index (κ3) is 8.67. The summed E-state index contributed by atoms with van der Waals surface area (Å²) in [5.74, 6) is -0.793. The third-order valence-electron chi connectivity index (χ3n) is 9.41. The second-order valence-corrected chi connectivity index (χ2v) is 15.9. The maximum atomic E-state index is 14.6. The zero-order chi connectivity index (χ0) is 43.0. The molecular formula is C37H29BrF15NO2S. The number of hydrogen-bond acceptors (Lipinski definition) is 3. The molecule has 57 heavy (non-hydrogen) atoms. The Labute approximate surface area is 324 Å². The van der Waals surface area contributed by atoms with Crippen molar-refractivity contribution in [2.45, 2.75) is 70.9 Å². The van der Waals surface area contributed by atoms with Crippen LogP contribution in [0.4, 0.5) is 65.9 Å². The molecule has 0 saturated carbocycles. The van der Waals surface area contributed by atoms with E-state index in [0.29, 0.717) is 36.4 Å². The van der Waals surface area contributed by atoms with Gasteiger partial charge >= 0.3 is 36.0 Å². The minimum Gasteiger partial charge on any atom is -0.297 e. The summed E-state index contributed by atoms with van der Waals surface area (Å²) < 4.78 is 222. The Morgan fingerprint density at radius 1 is 0.632 bits per heavy atom. The molecule has 0 radical (unpaired) electrons. The second-order valence-electron chi connectivity index (χ2n) is 13.1. The molecule has 0 spiro atoms. The van der Waals surface area contributed by atoms with Crippen molar-refractivity contribution in [1.29, 1.82) is 0 Å². The number of likely N-dealkylation sites (tertiary alicyclic amines) is 1. The number of sulfone groups is 1. The molecule has 4 aromatic rings. The van der Waals surface area contributed by atoms with Crippen molar-refractivity contribution in [1.82, 2.24) is 4.90 Å². The number of nitrogens with zero attached hydrogens (tertiary/aromatic N) is 1. The van der Waals surface area contributed by atoms with Crippen LogP contribution in [-0.2, 0) is 37.8 Å². The molecule has 0 N–H and O–H groups in total. The summed E-state index contributed by atoms with van der Waals surface area (Å²) in [5, 5.41) is 0.241. The van der Waals surface area contributed by atoms with Gasteiger partial charge in [-0.2, -0.15) is 52.7 Å². The van der Waals surface area contributed by atoms with E-state index < -0.39 is 67.6 Å². The van der Waals surface area contributed by atoms with Gasteiger partial charge in [0.25, 0.3) is 0 Å². The first-order chi connectivity index (χ1) is 26.1. The van der Waals surface area contributed by atoms with E-state index in [1.54, 1.807) is 23.1 Å². The Balaban J connectivity index is 0.000000335. The lowest BCUT2D eigenvalue weighted by Gasteiger charge is -2.32. The van der Waals surface area contributed by atoms with Gasteiger partial charge in [-0.05, 0) is 47.7 Å². The fourth-order valence-corrected chi connectivity index (χ4v) is 8.70. The van der Waals surface area contributed by atoms with Gasteiger partial charge in [0, 0.05) is 36.1 Å². The van der Waals surface area contributed by atoms with E-state index in [9.17, 15) is 74.3 Å². The molecule has 1 unspecified atom stereocenters. The Hall–Kier alpha value is -3.78. The van der Waals surface area contributed by atoms with E-state index in [1.165, 1.54) is 19.1 Å². The SMILES string of the molecule is Cc1ccc(S(=O)(=O)C2(c3ccc(C(F)(C(F)(F)F)C(F)(F)F)cc3)CCN(Cc3ccccc3)C2)cc1F.FC(F)(F)C(F)(c1ccc(CBr)cc1)C(F)(F)F. The highest BCUT2D eigenvalue weighted by Crippen LogP contribution is 2.55. The number of aryl methyl sites for hydroxylation is 1. The van der Waals surface area contributed by atoms with Gasteiger partial charge in [-0.25, -0.2) is 21.6 Å². The van der Waals surface area contributed by atoms with E-state index in [2.05, 4.69) is 15.9 Å². The largest absolute Gasteiger partial charge is 0.435 e. The summed E-state index contributed by atoms with van der Waals surface area (Å²) >= 11 is 2.97. The standard InChI is InChI=1S/C27H23F8NO2S.C10H6BrF7/c1-18-7-12-22(15-23(18)28)39(37,38)24(13-14-36(17-24)16-19-5-3-2-4-6-19)20-8-10-21(11-9-20)25(29,26(30,31)32)27(33,34)35;11-5-6-1-3-7(4-2-6)8(12,9(13,14)15)10(16,17)18/h2-12,15H,13-14,16-17H2,1H3;1-4H,5H2. The third-order valence-corrected chi connectivity index (χ3v) is 12.5. The first kappa shape index (κ1) is 45.9. The van der Waals surface area contributed by atoms with Crippen molar-refractivity contribution in [3.05, 3.63) is 136 Å². The van der Waals surface area contributed by atoms with Crippen LogP contribution >= 0.6 is 15.9 Å². The van der Waals surface area contributed by atoms with Crippen molar-refractivity contribution >= 4 is 25.8 Å². The molecule has 1 saturated heterocycles. The molecule has 0 aliphatic carbocycles. The first-order valence-electron chi connectivity index (χ1n) is 16.2. The summed E-state index contributed by atoms with van der Waals surface area (Å²) in [6, 6.07) is 17.4. The molecule has 0 aromatic heterocycles. The summed E-state index contributed by atoms with van der Waals surface area (Å²) in [5.41, 5.74) is -12.9.